The Balaban J connectivity index is 1.67. The summed E-state index contributed by atoms with van der Waals surface area (Å²) < 4.78 is 1.78. The summed E-state index contributed by atoms with van der Waals surface area (Å²) in [5.74, 6) is 0. The van der Waals surface area contributed by atoms with Crippen molar-refractivity contribution in [3.8, 4) is 0 Å². The summed E-state index contributed by atoms with van der Waals surface area (Å²) in [6, 6.07) is 0.474. The number of carbonyl (C=O) groups excluding carboxylic acids is 1. The molecule has 1 saturated heterocycles. The summed E-state index contributed by atoms with van der Waals surface area (Å²) in [7, 11) is 0. The third kappa shape index (κ3) is 4.23. The molecule has 112 valence electrons. The lowest BCUT2D eigenvalue weighted by molar-refractivity contribution is 0.162. The smallest absolute Gasteiger partial charge is 0.319 e. The van der Waals surface area contributed by atoms with Crippen LogP contribution in [0.2, 0.25) is 0 Å². The summed E-state index contributed by atoms with van der Waals surface area (Å²) in [4.78, 5) is 14.2. The highest BCUT2D eigenvalue weighted by atomic mass is 16.2. The molecule has 2 amide bonds. The summed E-state index contributed by atoms with van der Waals surface area (Å²) in [6.45, 7) is 7.82. The highest BCUT2D eigenvalue weighted by Gasteiger charge is 2.17. The molecule has 0 radical (unpaired) electrons. The Morgan fingerprint density at radius 3 is 3.05 bits per heavy atom. The predicted molar refractivity (Wildman–Crippen MR) is 79.8 cm³/mol. The van der Waals surface area contributed by atoms with Crippen LogP contribution in [0.25, 0.3) is 0 Å². The fourth-order valence-corrected chi connectivity index (χ4v) is 2.58. The number of nitrogens with one attached hydrogen (secondary N) is 2. The molecular formula is C14H25N5O. The van der Waals surface area contributed by atoms with Crippen molar-refractivity contribution in [1.82, 2.24) is 20.0 Å². The van der Waals surface area contributed by atoms with Gasteiger partial charge in [-0.25, -0.2) is 4.79 Å². The number of likely N-dealkylation sites (tertiary alicyclic amines) is 1. The van der Waals surface area contributed by atoms with Gasteiger partial charge in [0.05, 0.1) is 11.9 Å². The molecule has 1 aromatic heterocycles. The number of anilines is 1. The second kappa shape index (κ2) is 7.28. The van der Waals surface area contributed by atoms with Crippen molar-refractivity contribution in [2.75, 3.05) is 25.0 Å². The average molecular weight is 279 g/mol. The van der Waals surface area contributed by atoms with Gasteiger partial charge >= 0.3 is 6.03 Å². The van der Waals surface area contributed by atoms with Crippen LogP contribution < -0.4 is 10.6 Å². The first kappa shape index (κ1) is 14.8. The lowest BCUT2D eigenvalue weighted by atomic mass is 10.0. The Hall–Kier alpha value is -1.56. The topological polar surface area (TPSA) is 62.2 Å². The van der Waals surface area contributed by atoms with Gasteiger partial charge in [-0.3, -0.25) is 9.58 Å². The van der Waals surface area contributed by atoms with E-state index in [1.807, 2.05) is 13.1 Å². The molecule has 0 saturated carbocycles. The lowest BCUT2D eigenvalue weighted by Crippen LogP contribution is -2.43. The normalized spacial score (nSPS) is 19.8. The van der Waals surface area contributed by atoms with Crippen molar-refractivity contribution < 1.29 is 4.79 Å². The molecule has 0 bridgehead atoms. The Labute approximate surface area is 120 Å². The van der Waals surface area contributed by atoms with Crippen LogP contribution in [0.4, 0.5) is 10.5 Å². The van der Waals surface area contributed by atoms with Gasteiger partial charge in [-0.05, 0) is 33.2 Å². The van der Waals surface area contributed by atoms with Gasteiger partial charge in [0.25, 0.3) is 0 Å². The van der Waals surface area contributed by atoms with Gasteiger partial charge < -0.3 is 10.6 Å². The molecule has 6 heteroatoms. The monoisotopic (exact) mass is 279 g/mol. The van der Waals surface area contributed by atoms with Gasteiger partial charge in [-0.2, -0.15) is 5.10 Å². The maximum Gasteiger partial charge on any atom is 0.319 e. The van der Waals surface area contributed by atoms with E-state index in [2.05, 4.69) is 27.6 Å². The van der Waals surface area contributed by atoms with Crippen molar-refractivity contribution >= 4 is 11.7 Å². The van der Waals surface area contributed by atoms with Gasteiger partial charge in [0, 0.05) is 31.9 Å². The molecule has 0 aromatic carbocycles. The van der Waals surface area contributed by atoms with Crippen LogP contribution in [0.15, 0.2) is 12.4 Å². The van der Waals surface area contributed by atoms with Gasteiger partial charge in [-0.1, -0.05) is 6.42 Å². The Bertz CT molecular complexity index is 431. The Morgan fingerprint density at radius 2 is 2.35 bits per heavy atom. The maximum absolute atomic E-state index is 11.8. The van der Waals surface area contributed by atoms with Crippen LogP contribution in [-0.4, -0.2) is 46.4 Å². The molecule has 2 rings (SSSR count). The molecule has 6 nitrogen and oxygen atoms in total. The minimum atomic E-state index is -0.162. The van der Waals surface area contributed by atoms with Crippen molar-refractivity contribution in [2.24, 2.45) is 0 Å². The van der Waals surface area contributed by atoms with E-state index in [0.29, 0.717) is 12.6 Å². The second-order valence-corrected chi connectivity index (χ2v) is 5.35. The largest absolute Gasteiger partial charge is 0.337 e. The van der Waals surface area contributed by atoms with Crippen LogP contribution in [0, 0.1) is 0 Å². The maximum atomic E-state index is 11.8. The van der Waals surface area contributed by atoms with E-state index in [1.54, 1.807) is 10.9 Å². The predicted octanol–water partition coefficient (Wildman–Crippen LogP) is 1.90. The molecule has 0 spiro atoms. The number of hydrogen-bond acceptors (Lipinski definition) is 3. The van der Waals surface area contributed by atoms with Gasteiger partial charge in [0.2, 0.25) is 0 Å². The number of nitrogens with zero attached hydrogens (tertiary/aromatic N) is 3. The van der Waals surface area contributed by atoms with Crippen LogP contribution in [0.3, 0.4) is 0 Å². The number of rotatable bonds is 5. The molecule has 1 aliphatic rings. The van der Waals surface area contributed by atoms with Crippen LogP contribution in [0.5, 0.6) is 0 Å². The zero-order chi connectivity index (χ0) is 14.4. The van der Waals surface area contributed by atoms with E-state index in [9.17, 15) is 4.79 Å². The van der Waals surface area contributed by atoms with E-state index in [4.69, 9.17) is 0 Å². The second-order valence-electron chi connectivity index (χ2n) is 5.35. The highest BCUT2D eigenvalue weighted by Crippen LogP contribution is 2.15. The number of aryl methyl sites for hydroxylation is 1. The summed E-state index contributed by atoms with van der Waals surface area (Å²) in [5.41, 5.74) is 0.732. The minimum absolute atomic E-state index is 0.162. The summed E-state index contributed by atoms with van der Waals surface area (Å²) in [6.07, 6.45) is 7.35. The third-order valence-corrected chi connectivity index (χ3v) is 3.84. The van der Waals surface area contributed by atoms with Gasteiger partial charge in [-0.15, -0.1) is 0 Å². The molecular weight excluding hydrogens is 254 g/mol. The molecule has 1 atom stereocenters. The van der Waals surface area contributed by atoms with Gasteiger partial charge in [0.15, 0.2) is 0 Å². The molecule has 1 unspecified atom stereocenters. The first-order valence-electron chi connectivity index (χ1n) is 7.50. The average Bonchev–Trinajstić information content (AvgIpc) is 2.88. The number of piperidine rings is 1. The SMILES string of the molecule is CCn1cc(NC(=O)NCCN2CCCCC2C)cn1. The molecule has 0 aliphatic carbocycles. The Morgan fingerprint density at radius 1 is 1.50 bits per heavy atom. The van der Waals surface area contributed by atoms with E-state index in [0.717, 1.165) is 25.3 Å². The van der Waals surface area contributed by atoms with Crippen LogP contribution in [-0.2, 0) is 6.54 Å². The lowest BCUT2D eigenvalue weighted by Gasteiger charge is -2.33. The van der Waals surface area contributed by atoms with E-state index >= 15 is 0 Å². The quantitative estimate of drug-likeness (QED) is 0.865. The zero-order valence-corrected chi connectivity index (χ0v) is 12.4. The summed E-state index contributed by atoms with van der Waals surface area (Å²) in [5, 5.41) is 9.81. The fraction of sp³-hybridized carbons (Fsp3) is 0.714. The van der Waals surface area contributed by atoms with Crippen molar-refractivity contribution in [3.05, 3.63) is 12.4 Å². The molecule has 2 heterocycles. The number of hydrogen-bond donors (Lipinski definition) is 2. The number of urea groups is 1. The third-order valence-electron chi connectivity index (χ3n) is 3.84. The van der Waals surface area contributed by atoms with Crippen LogP contribution >= 0.6 is 0 Å². The Kier molecular flexibility index (Phi) is 5.40. The zero-order valence-electron chi connectivity index (χ0n) is 12.4. The van der Waals surface area contributed by atoms with Crippen LogP contribution in [0.1, 0.15) is 33.1 Å². The number of carbonyl (C=O) groups is 1. The number of aromatic nitrogens is 2. The minimum Gasteiger partial charge on any atom is -0.337 e. The van der Waals surface area contributed by atoms with E-state index < -0.39 is 0 Å². The first-order valence-corrected chi connectivity index (χ1v) is 7.50. The van der Waals surface area contributed by atoms with Crippen molar-refractivity contribution in [1.29, 1.82) is 0 Å². The molecule has 1 fully saturated rings. The van der Waals surface area contributed by atoms with Crippen molar-refractivity contribution in [3.63, 3.8) is 0 Å². The molecule has 2 N–H and O–H groups in total. The molecule has 1 aliphatic heterocycles. The highest BCUT2D eigenvalue weighted by molar-refractivity contribution is 5.88. The standard InChI is InChI=1S/C14H25N5O/c1-3-19-11-13(10-16-19)17-14(20)15-7-9-18-8-5-4-6-12(18)2/h10-12H,3-9H2,1-2H3,(H2,15,17,20). The number of amides is 2. The van der Waals surface area contributed by atoms with E-state index in [-0.39, 0.29) is 6.03 Å². The van der Waals surface area contributed by atoms with Gasteiger partial charge in [0.1, 0.15) is 0 Å². The van der Waals surface area contributed by atoms with Crippen molar-refractivity contribution in [2.45, 2.75) is 45.7 Å². The molecule has 1 aromatic rings. The molecule has 20 heavy (non-hydrogen) atoms. The first-order chi connectivity index (χ1) is 9.69. The summed E-state index contributed by atoms with van der Waals surface area (Å²) >= 11 is 0. The fourth-order valence-electron chi connectivity index (χ4n) is 2.58. The van der Waals surface area contributed by atoms with E-state index in [1.165, 1.54) is 19.3 Å².